The molecule has 180 valence electrons. The minimum Gasteiger partial charge on any atom is -0.495 e. The maximum absolute atomic E-state index is 13.3. The summed E-state index contributed by atoms with van der Waals surface area (Å²) in [6, 6.07) is 20.1. The molecule has 1 aliphatic heterocycles. The lowest BCUT2D eigenvalue weighted by atomic mass is 10.2. The third kappa shape index (κ3) is 6.19. The Balaban J connectivity index is 1.53. The Kier molecular flexibility index (Phi) is 7.99. The smallest absolute Gasteiger partial charge is 0.243 e. The van der Waals surface area contributed by atoms with E-state index in [0.29, 0.717) is 28.9 Å². The Morgan fingerprint density at radius 1 is 1.11 bits per heavy atom. The predicted octanol–water partition coefficient (Wildman–Crippen LogP) is 4.65. The van der Waals surface area contributed by atoms with E-state index in [0.717, 1.165) is 11.4 Å². The molecule has 0 aliphatic carbocycles. The lowest BCUT2D eigenvalue weighted by Crippen LogP contribution is -2.33. The molecular weight excluding hydrogens is 464 g/mol. The molecule has 8 nitrogen and oxygen atoms in total. The lowest BCUT2D eigenvalue weighted by molar-refractivity contribution is -0.128. The number of amides is 2. The molecule has 1 N–H and O–H groups in total. The summed E-state index contributed by atoms with van der Waals surface area (Å²) in [5, 5.41) is 2.77. The van der Waals surface area contributed by atoms with Gasteiger partial charge in [-0.2, -0.15) is 0 Å². The number of anilines is 1. The molecule has 1 aliphatic rings. The number of para-hydroxylation sites is 2. The maximum atomic E-state index is 13.3. The number of methoxy groups -OCH3 is 1. The molecule has 2 amide bonds. The summed E-state index contributed by atoms with van der Waals surface area (Å²) in [6.45, 7) is 2.77. The van der Waals surface area contributed by atoms with Crippen LogP contribution in [-0.4, -0.2) is 45.8 Å². The van der Waals surface area contributed by atoms with Gasteiger partial charge in [0.1, 0.15) is 16.7 Å². The second kappa shape index (κ2) is 11.5. The number of benzene rings is 2. The number of thioether (sulfide) groups is 1. The highest BCUT2D eigenvalue weighted by Crippen LogP contribution is 2.33. The average molecular weight is 491 g/mol. The number of hydrogen-bond donors (Lipinski definition) is 1. The van der Waals surface area contributed by atoms with Gasteiger partial charge in [0.05, 0.1) is 37.3 Å². The first-order valence-corrected chi connectivity index (χ1v) is 12.1. The van der Waals surface area contributed by atoms with Gasteiger partial charge in [-0.25, -0.2) is 4.99 Å². The van der Waals surface area contributed by atoms with Gasteiger partial charge in [-0.15, -0.1) is 0 Å². The van der Waals surface area contributed by atoms with Crippen molar-refractivity contribution in [1.29, 1.82) is 0 Å². The minimum absolute atomic E-state index is 0.00254. The topological polar surface area (TPSA) is 93.1 Å². The molecule has 2 heterocycles. The zero-order chi connectivity index (χ0) is 24.6. The van der Waals surface area contributed by atoms with Crippen molar-refractivity contribution in [2.45, 2.75) is 25.1 Å². The van der Waals surface area contributed by atoms with Crippen molar-refractivity contribution in [2.75, 3.05) is 19.0 Å². The van der Waals surface area contributed by atoms with Crippen LogP contribution in [-0.2, 0) is 16.1 Å². The van der Waals surface area contributed by atoms with Crippen LogP contribution < -0.4 is 14.8 Å². The van der Waals surface area contributed by atoms with E-state index in [2.05, 4.69) is 10.3 Å². The molecule has 0 saturated carbocycles. The van der Waals surface area contributed by atoms with Crippen LogP contribution in [0.1, 0.15) is 19.0 Å². The highest BCUT2D eigenvalue weighted by Gasteiger charge is 2.39. The summed E-state index contributed by atoms with van der Waals surface area (Å²) in [5.41, 5.74) is 1.98. The summed E-state index contributed by atoms with van der Waals surface area (Å²) in [6.07, 6.45) is 1.69. The first-order chi connectivity index (χ1) is 17.1. The average Bonchev–Trinajstić information content (AvgIpc) is 3.15. The van der Waals surface area contributed by atoms with Gasteiger partial charge in [-0.1, -0.05) is 30.0 Å². The number of pyridine rings is 1. The minimum atomic E-state index is -0.602. The van der Waals surface area contributed by atoms with Gasteiger partial charge in [-0.3, -0.25) is 19.5 Å². The summed E-state index contributed by atoms with van der Waals surface area (Å²) >= 11 is 1.28. The Bertz CT molecular complexity index is 1200. The summed E-state index contributed by atoms with van der Waals surface area (Å²) < 4.78 is 10.8. The molecule has 1 aromatic heterocycles. The van der Waals surface area contributed by atoms with Gasteiger partial charge < -0.3 is 14.8 Å². The number of aliphatic imine (C=N–C) groups is 1. The van der Waals surface area contributed by atoms with Crippen molar-refractivity contribution in [3.8, 4) is 11.5 Å². The van der Waals surface area contributed by atoms with E-state index in [1.165, 1.54) is 11.8 Å². The molecule has 3 aromatic rings. The SMILES string of the molecule is CCOc1ccc(N=C2SC(CC(=O)Nc3ccccc3OC)C(=O)N2Cc2ccccn2)cc1. The number of nitrogens with zero attached hydrogens (tertiary/aromatic N) is 3. The van der Waals surface area contributed by atoms with Crippen LogP contribution in [0, 0.1) is 0 Å². The number of hydrogen-bond acceptors (Lipinski definition) is 7. The molecule has 1 saturated heterocycles. The quantitative estimate of drug-likeness (QED) is 0.469. The van der Waals surface area contributed by atoms with E-state index in [1.54, 1.807) is 30.3 Å². The van der Waals surface area contributed by atoms with Crippen LogP contribution in [0.15, 0.2) is 77.9 Å². The van der Waals surface area contributed by atoms with Gasteiger partial charge in [0.15, 0.2) is 5.17 Å². The molecule has 1 atom stereocenters. The zero-order valence-corrected chi connectivity index (χ0v) is 20.3. The lowest BCUT2D eigenvalue weighted by Gasteiger charge is -2.16. The fraction of sp³-hybridized carbons (Fsp3) is 0.231. The van der Waals surface area contributed by atoms with E-state index in [1.807, 2.05) is 61.5 Å². The maximum Gasteiger partial charge on any atom is 0.243 e. The molecule has 35 heavy (non-hydrogen) atoms. The number of carbonyl (C=O) groups is 2. The van der Waals surface area contributed by atoms with Crippen LogP contribution in [0.4, 0.5) is 11.4 Å². The molecule has 0 radical (unpaired) electrons. The fourth-order valence-electron chi connectivity index (χ4n) is 3.54. The number of rotatable bonds is 9. The summed E-state index contributed by atoms with van der Waals surface area (Å²) in [7, 11) is 1.54. The molecule has 2 aromatic carbocycles. The number of amidine groups is 1. The van der Waals surface area contributed by atoms with Gasteiger partial charge in [-0.05, 0) is 55.5 Å². The van der Waals surface area contributed by atoms with E-state index in [4.69, 9.17) is 14.5 Å². The standard InChI is InChI=1S/C26H26N4O4S/c1-3-34-20-13-11-18(12-14-20)28-26-30(17-19-8-6-7-15-27-19)25(32)23(35-26)16-24(31)29-21-9-4-5-10-22(21)33-2/h4-15,23H,3,16-17H2,1-2H3,(H,29,31). The van der Waals surface area contributed by atoms with Crippen LogP contribution in [0.5, 0.6) is 11.5 Å². The number of aromatic nitrogens is 1. The third-order valence-electron chi connectivity index (χ3n) is 5.19. The molecule has 4 rings (SSSR count). The van der Waals surface area contributed by atoms with Gasteiger partial charge >= 0.3 is 0 Å². The van der Waals surface area contributed by atoms with Crippen molar-refractivity contribution in [2.24, 2.45) is 4.99 Å². The van der Waals surface area contributed by atoms with Crippen molar-refractivity contribution < 1.29 is 19.1 Å². The Hall–Kier alpha value is -3.85. The largest absolute Gasteiger partial charge is 0.495 e. The van der Waals surface area contributed by atoms with Crippen LogP contribution >= 0.6 is 11.8 Å². The highest BCUT2D eigenvalue weighted by molar-refractivity contribution is 8.15. The summed E-state index contributed by atoms with van der Waals surface area (Å²) in [4.78, 5) is 36.8. The second-order valence-electron chi connectivity index (χ2n) is 7.63. The molecular formula is C26H26N4O4S. The van der Waals surface area contributed by atoms with Gasteiger partial charge in [0.2, 0.25) is 11.8 Å². The number of carbonyl (C=O) groups excluding carboxylic acids is 2. The Morgan fingerprint density at radius 2 is 1.89 bits per heavy atom. The Labute approximate surface area is 208 Å². The molecule has 0 bridgehead atoms. The van der Waals surface area contributed by atoms with Crippen molar-refractivity contribution >= 4 is 40.1 Å². The fourth-order valence-corrected chi connectivity index (χ4v) is 4.69. The van der Waals surface area contributed by atoms with Gasteiger partial charge in [0, 0.05) is 12.6 Å². The van der Waals surface area contributed by atoms with Crippen LogP contribution in [0.25, 0.3) is 0 Å². The first kappa shape index (κ1) is 24.3. The van der Waals surface area contributed by atoms with Crippen LogP contribution in [0.3, 0.4) is 0 Å². The molecule has 1 unspecified atom stereocenters. The third-order valence-corrected chi connectivity index (χ3v) is 6.37. The summed E-state index contributed by atoms with van der Waals surface area (Å²) in [5.74, 6) is 0.851. The van der Waals surface area contributed by atoms with Crippen molar-refractivity contribution in [3.05, 3.63) is 78.6 Å². The highest BCUT2D eigenvalue weighted by atomic mass is 32.2. The molecule has 1 fully saturated rings. The number of ether oxygens (including phenoxy) is 2. The van der Waals surface area contributed by atoms with Gasteiger partial charge in [0.25, 0.3) is 0 Å². The predicted molar refractivity (Wildman–Crippen MR) is 137 cm³/mol. The first-order valence-electron chi connectivity index (χ1n) is 11.2. The molecule has 9 heteroatoms. The van der Waals surface area contributed by atoms with Crippen molar-refractivity contribution in [3.63, 3.8) is 0 Å². The normalized spacial score (nSPS) is 16.4. The Morgan fingerprint density at radius 3 is 2.60 bits per heavy atom. The molecule has 0 spiro atoms. The van der Waals surface area contributed by atoms with E-state index < -0.39 is 5.25 Å². The van der Waals surface area contributed by atoms with Crippen molar-refractivity contribution in [1.82, 2.24) is 9.88 Å². The van der Waals surface area contributed by atoms with E-state index in [-0.39, 0.29) is 24.8 Å². The monoisotopic (exact) mass is 490 g/mol. The zero-order valence-electron chi connectivity index (χ0n) is 19.5. The number of nitrogens with one attached hydrogen (secondary N) is 1. The van der Waals surface area contributed by atoms with E-state index in [9.17, 15) is 9.59 Å². The van der Waals surface area contributed by atoms with E-state index >= 15 is 0 Å². The van der Waals surface area contributed by atoms with Crippen LogP contribution in [0.2, 0.25) is 0 Å². The second-order valence-corrected chi connectivity index (χ2v) is 8.80.